The van der Waals surface area contributed by atoms with Crippen molar-refractivity contribution in [2.75, 3.05) is 10.5 Å². The summed E-state index contributed by atoms with van der Waals surface area (Å²) in [6, 6.07) is 27.5. The number of anilines is 1. The minimum Gasteiger partial charge on any atom is -0.501 e. The predicted molar refractivity (Wildman–Crippen MR) is 153 cm³/mol. The molecule has 8 nitrogen and oxygen atoms in total. The summed E-state index contributed by atoms with van der Waals surface area (Å²) in [7, 11) is -3.74. The predicted octanol–water partition coefficient (Wildman–Crippen LogP) is 5.55. The Balaban J connectivity index is 1.18. The highest BCUT2D eigenvalue weighted by Gasteiger charge is 2.27. The van der Waals surface area contributed by atoms with Crippen molar-refractivity contribution in [1.82, 2.24) is 0 Å². The molecule has 0 amide bonds. The molecule has 1 atom stereocenters. The molecule has 2 heterocycles. The van der Waals surface area contributed by atoms with Gasteiger partial charge in [0.15, 0.2) is 0 Å². The lowest BCUT2D eigenvalue weighted by Crippen LogP contribution is -2.18. The van der Waals surface area contributed by atoms with Gasteiger partial charge in [-0.05, 0) is 46.5 Å². The SMILES string of the molecule is O=c1c(O)c(C2=COC(Cc3ccccc3)O2)oc2ccc(NS(=O)(=O)CCc3cccc4ccccc34)cc12. The van der Waals surface area contributed by atoms with Gasteiger partial charge in [-0.1, -0.05) is 72.8 Å². The quantitative estimate of drug-likeness (QED) is 0.258. The van der Waals surface area contributed by atoms with Gasteiger partial charge in [0.1, 0.15) is 11.8 Å². The van der Waals surface area contributed by atoms with Crippen LogP contribution >= 0.6 is 0 Å². The van der Waals surface area contributed by atoms with Crippen LogP contribution in [0.4, 0.5) is 5.69 Å². The van der Waals surface area contributed by atoms with Crippen molar-refractivity contribution < 1.29 is 27.4 Å². The summed E-state index contributed by atoms with van der Waals surface area (Å²) in [5, 5.41) is 12.7. The van der Waals surface area contributed by atoms with Crippen LogP contribution in [-0.4, -0.2) is 25.6 Å². The molecule has 1 unspecified atom stereocenters. The molecule has 4 aromatic carbocycles. The lowest BCUT2D eigenvalue weighted by atomic mass is 10.0. The third-order valence-corrected chi connectivity index (χ3v) is 8.00. The molecule has 0 spiro atoms. The first-order valence-electron chi connectivity index (χ1n) is 12.7. The highest BCUT2D eigenvalue weighted by Crippen LogP contribution is 2.33. The highest BCUT2D eigenvalue weighted by molar-refractivity contribution is 7.92. The molecule has 6 rings (SSSR count). The third kappa shape index (κ3) is 5.23. The Hall–Kier alpha value is -4.76. The zero-order chi connectivity index (χ0) is 27.7. The van der Waals surface area contributed by atoms with E-state index < -0.39 is 27.5 Å². The van der Waals surface area contributed by atoms with E-state index in [2.05, 4.69) is 4.72 Å². The molecule has 9 heteroatoms. The van der Waals surface area contributed by atoms with Gasteiger partial charge in [0.25, 0.3) is 0 Å². The highest BCUT2D eigenvalue weighted by atomic mass is 32.2. The Kier molecular flexibility index (Phi) is 6.65. The van der Waals surface area contributed by atoms with Crippen LogP contribution in [0.3, 0.4) is 0 Å². The molecular formula is C31H25NO7S. The van der Waals surface area contributed by atoms with E-state index in [0.29, 0.717) is 12.8 Å². The van der Waals surface area contributed by atoms with E-state index in [4.69, 9.17) is 13.9 Å². The van der Waals surface area contributed by atoms with Gasteiger partial charge in [-0.2, -0.15) is 0 Å². The maximum absolute atomic E-state index is 13.0. The smallest absolute Gasteiger partial charge is 0.244 e. The summed E-state index contributed by atoms with van der Waals surface area (Å²) < 4.78 is 45.4. The number of hydrogen-bond acceptors (Lipinski definition) is 7. The summed E-state index contributed by atoms with van der Waals surface area (Å²) in [5.41, 5.74) is 1.56. The fourth-order valence-electron chi connectivity index (χ4n) is 4.74. The summed E-state index contributed by atoms with van der Waals surface area (Å²) in [5.74, 6) is -0.862. The zero-order valence-electron chi connectivity index (χ0n) is 21.2. The first kappa shape index (κ1) is 25.5. The second-order valence-electron chi connectivity index (χ2n) is 9.48. The van der Waals surface area contributed by atoms with Gasteiger partial charge in [-0.3, -0.25) is 9.52 Å². The van der Waals surface area contributed by atoms with Crippen LogP contribution in [0.2, 0.25) is 0 Å². The second kappa shape index (κ2) is 10.4. The molecule has 202 valence electrons. The van der Waals surface area contributed by atoms with Crippen LogP contribution in [0.1, 0.15) is 16.9 Å². The Labute approximate surface area is 230 Å². The molecule has 0 saturated carbocycles. The Bertz CT molecular complexity index is 1910. The number of sulfonamides is 1. The number of fused-ring (bicyclic) bond motifs is 2. The standard InChI is InChI=1S/C31H25NO7S/c33-29-25-18-23(32-40(35,36)16-15-22-11-6-10-21-9-4-5-12-24(21)22)13-14-26(25)39-31(30(29)34)27-19-37-28(38-27)17-20-7-2-1-3-8-20/h1-14,18-19,28,32,34H,15-17H2. The molecule has 40 heavy (non-hydrogen) atoms. The van der Waals surface area contributed by atoms with Crippen molar-refractivity contribution in [3.8, 4) is 5.75 Å². The number of nitrogens with one attached hydrogen (secondary N) is 1. The van der Waals surface area contributed by atoms with Gasteiger partial charge in [-0.15, -0.1) is 0 Å². The molecule has 0 saturated heterocycles. The number of ether oxygens (including phenoxy) is 2. The van der Waals surface area contributed by atoms with Crippen molar-refractivity contribution >= 4 is 43.2 Å². The minimum atomic E-state index is -3.74. The number of aromatic hydroxyl groups is 1. The van der Waals surface area contributed by atoms with Crippen LogP contribution in [0.5, 0.6) is 5.75 Å². The number of aryl methyl sites for hydroxylation is 1. The average molecular weight is 556 g/mol. The normalized spacial score (nSPS) is 15.0. The number of rotatable bonds is 8. The van der Waals surface area contributed by atoms with Gasteiger partial charge in [-0.25, -0.2) is 8.42 Å². The third-order valence-electron chi connectivity index (χ3n) is 6.71. The monoisotopic (exact) mass is 555 g/mol. The Morgan fingerprint density at radius 1 is 0.875 bits per heavy atom. The Morgan fingerprint density at radius 2 is 1.65 bits per heavy atom. The maximum Gasteiger partial charge on any atom is 0.244 e. The fourth-order valence-corrected chi connectivity index (χ4v) is 5.82. The zero-order valence-corrected chi connectivity index (χ0v) is 22.1. The summed E-state index contributed by atoms with van der Waals surface area (Å²) in [4.78, 5) is 13.0. The van der Waals surface area contributed by atoms with Crippen molar-refractivity contribution in [1.29, 1.82) is 0 Å². The van der Waals surface area contributed by atoms with E-state index in [-0.39, 0.29) is 33.9 Å². The summed E-state index contributed by atoms with van der Waals surface area (Å²) >= 11 is 0. The number of hydrogen-bond donors (Lipinski definition) is 2. The van der Waals surface area contributed by atoms with Crippen LogP contribution in [0.15, 0.2) is 106 Å². The average Bonchev–Trinajstić information content (AvgIpc) is 3.42. The molecule has 1 aliphatic heterocycles. The number of benzene rings is 4. The van der Waals surface area contributed by atoms with Gasteiger partial charge in [0.2, 0.25) is 39.0 Å². The van der Waals surface area contributed by atoms with E-state index in [0.717, 1.165) is 21.9 Å². The van der Waals surface area contributed by atoms with E-state index in [9.17, 15) is 18.3 Å². The summed E-state index contributed by atoms with van der Waals surface area (Å²) in [6.45, 7) is 0. The van der Waals surface area contributed by atoms with Gasteiger partial charge in [0.05, 0.1) is 11.1 Å². The fraction of sp³-hybridized carbons (Fsp3) is 0.129. The molecule has 0 aliphatic carbocycles. The van der Waals surface area contributed by atoms with Gasteiger partial charge < -0.3 is 19.0 Å². The van der Waals surface area contributed by atoms with Crippen molar-refractivity contribution in [2.45, 2.75) is 19.1 Å². The second-order valence-corrected chi connectivity index (χ2v) is 11.3. The van der Waals surface area contributed by atoms with Crippen LogP contribution in [0, 0.1) is 0 Å². The molecule has 5 aromatic rings. The molecule has 1 aromatic heterocycles. The lowest BCUT2D eigenvalue weighted by Gasteiger charge is -2.13. The van der Waals surface area contributed by atoms with E-state index in [1.807, 2.05) is 72.8 Å². The molecule has 0 radical (unpaired) electrons. The molecule has 1 aliphatic rings. The van der Waals surface area contributed by atoms with E-state index in [1.165, 1.54) is 24.5 Å². The van der Waals surface area contributed by atoms with E-state index >= 15 is 0 Å². The first-order chi connectivity index (χ1) is 19.4. The van der Waals surface area contributed by atoms with Crippen molar-refractivity contribution in [3.05, 3.63) is 124 Å². The van der Waals surface area contributed by atoms with Gasteiger partial charge in [0, 0.05) is 12.1 Å². The van der Waals surface area contributed by atoms with Crippen LogP contribution in [-0.2, 0) is 32.3 Å². The molecule has 0 fully saturated rings. The van der Waals surface area contributed by atoms with Gasteiger partial charge >= 0.3 is 0 Å². The molecule has 2 N–H and O–H groups in total. The Morgan fingerprint density at radius 3 is 2.50 bits per heavy atom. The molecular weight excluding hydrogens is 530 g/mol. The van der Waals surface area contributed by atoms with Crippen molar-refractivity contribution in [3.63, 3.8) is 0 Å². The van der Waals surface area contributed by atoms with Crippen molar-refractivity contribution in [2.24, 2.45) is 0 Å². The minimum absolute atomic E-state index is 0.0239. The lowest BCUT2D eigenvalue weighted by molar-refractivity contribution is -0.0145. The summed E-state index contributed by atoms with van der Waals surface area (Å²) in [6.07, 6.45) is 1.45. The van der Waals surface area contributed by atoms with Crippen LogP contribution < -0.4 is 10.2 Å². The maximum atomic E-state index is 13.0. The first-order valence-corrected chi connectivity index (χ1v) is 14.3. The van der Waals surface area contributed by atoms with E-state index in [1.54, 1.807) is 0 Å². The largest absolute Gasteiger partial charge is 0.501 e. The molecule has 0 bridgehead atoms. The van der Waals surface area contributed by atoms with Crippen LogP contribution in [0.25, 0.3) is 27.5 Å². The topological polar surface area (TPSA) is 115 Å².